The minimum atomic E-state index is -0.434. The second-order valence-electron chi connectivity index (χ2n) is 22.0. The van der Waals surface area contributed by atoms with Gasteiger partial charge in [0.2, 0.25) is 0 Å². The number of rotatable bonds is 33. The Labute approximate surface area is 483 Å². The number of nitrogens with two attached hydrogens (primary N) is 4. The molecule has 0 radical (unpaired) electrons. The SMILES string of the molecule is CCC1CCC(COc2ccc(/C=C/C(=O)OCCCCCCCCCCCOC(=O)c3cc(N)cc(N)c3)cc2)CC1.CCC1CCC(COc2ccc(/C=C/C(=O)OCCCCCCOC(=O)c3cc(N)cc(N)c3)cc2)CC1. The standard InChI is InChI=1S/C36H52N2O5.C31H42N2O5/c1-2-28-12-14-30(15-13-28)27-43-34-19-16-29(17-20-34)18-21-35(39)41-22-10-8-6-4-3-5-7-9-11-23-42-36(40)31-24-32(37)26-33(38)25-31;1-2-23-7-9-25(10-8-23)22-38-29-14-11-24(12-15-29)13-16-30(34)36-17-5-3-4-6-18-37-31(35)26-19-27(32)21-28(33)20-26/h16-21,24-26,28,30H,2-15,22-23,27,37-38H2,1H3;11-16,19-21,23,25H,2-10,17-18,22,32-33H2,1H3/b21-18+;16-13+. The van der Waals surface area contributed by atoms with Crippen LogP contribution in [0.4, 0.5) is 22.7 Å². The lowest BCUT2D eigenvalue weighted by Crippen LogP contribution is -2.19. The molecule has 0 bridgehead atoms. The molecule has 0 saturated heterocycles. The highest BCUT2D eigenvalue weighted by atomic mass is 16.5. The van der Waals surface area contributed by atoms with Crippen LogP contribution in [0.15, 0.2) is 97.1 Å². The third kappa shape index (κ3) is 27.4. The minimum Gasteiger partial charge on any atom is -0.493 e. The van der Waals surface area contributed by atoms with E-state index in [1.807, 2.05) is 48.5 Å². The third-order valence-corrected chi connectivity index (χ3v) is 15.4. The smallest absolute Gasteiger partial charge is 0.338 e. The summed E-state index contributed by atoms with van der Waals surface area (Å²) in [7, 11) is 0. The Kier molecular flexibility index (Phi) is 30.3. The molecule has 0 amide bonds. The van der Waals surface area contributed by atoms with Crippen molar-refractivity contribution in [3.05, 3.63) is 119 Å². The van der Waals surface area contributed by atoms with Crippen LogP contribution in [0.5, 0.6) is 11.5 Å². The lowest BCUT2D eigenvalue weighted by Gasteiger charge is -2.27. The first kappa shape index (κ1) is 64.9. The van der Waals surface area contributed by atoms with Gasteiger partial charge in [0.25, 0.3) is 0 Å². The summed E-state index contributed by atoms with van der Waals surface area (Å²) >= 11 is 0. The summed E-state index contributed by atoms with van der Waals surface area (Å²) in [5.41, 5.74) is 27.2. The van der Waals surface area contributed by atoms with E-state index in [4.69, 9.17) is 51.4 Å². The van der Waals surface area contributed by atoms with E-state index in [2.05, 4.69) is 13.8 Å². The van der Waals surface area contributed by atoms with Crippen LogP contribution in [0.25, 0.3) is 12.2 Å². The van der Waals surface area contributed by atoms with Crippen molar-refractivity contribution in [3.63, 3.8) is 0 Å². The minimum absolute atomic E-state index is 0.300. The van der Waals surface area contributed by atoms with Gasteiger partial charge in [-0.05, 0) is 172 Å². The molecule has 0 aliphatic heterocycles. The van der Waals surface area contributed by atoms with Gasteiger partial charge in [0.05, 0.1) is 50.8 Å². The molecular formula is C67H94N4O10. The lowest BCUT2D eigenvalue weighted by molar-refractivity contribution is -0.138. The molecule has 81 heavy (non-hydrogen) atoms. The summed E-state index contributed by atoms with van der Waals surface area (Å²) < 4.78 is 33.2. The fourth-order valence-corrected chi connectivity index (χ4v) is 10.2. The number of ether oxygens (including phenoxy) is 6. The highest BCUT2D eigenvalue weighted by Crippen LogP contribution is 2.32. The molecule has 4 aromatic carbocycles. The zero-order valence-electron chi connectivity index (χ0n) is 48.6. The molecule has 8 N–H and O–H groups in total. The molecule has 14 heteroatoms. The molecule has 6 rings (SSSR count). The van der Waals surface area contributed by atoms with Crippen LogP contribution >= 0.6 is 0 Å². The highest BCUT2D eigenvalue weighted by molar-refractivity contribution is 5.92. The number of anilines is 4. The van der Waals surface area contributed by atoms with Gasteiger partial charge in [0.1, 0.15) is 11.5 Å². The Morgan fingerprint density at radius 1 is 0.395 bits per heavy atom. The van der Waals surface area contributed by atoms with Crippen LogP contribution in [0.1, 0.15) is 193 Å². The molecule has 2 fully saturated rings. The molecule has 442 valence electrons. The first-order valence-corrected chi connectivity index (χ1v) is 30.2. The molecule has 0 unspecified atom stereocenters. The van der Waals surface area contributed by atoms with Crippen LogP contribution in [0.3, 0.4) is 0 Å². The molecule has 0 atom stereocenters. The molecule has 0 heterocycles. The van der Waals surface area contributed by atoms with E-state index >= 15 is 0 Å². The van der Waals surface area contributed by atoms with Crippen molar-refractivity contribution < 1.29 is 47.6 Å². The third-order valence-electron chi connectivity index (χ3n) is 15.4. The largest absolute Gasteiger partial charge is 0.493 e. The Balaban J connectivity index is 0.000000300. The van der Waals surface area contributed by atoms with Crippen LogP contribution < -0.4 is 32.4 Å². The van der Waals surface area contributed by atoms with Gasteiger partial charge in [-0.25, -0.2) is 19.2 Å². The Morgan fingerprint density at radius 3 is 0.988 bits per heavy atom. The second kappa shape index (κ2) is 37.9. The molecule has 0 aromatic heterocycles. The lowest BCUT2D eigenvalue weighted by atomic mass is 9.81. The van der Waals surface area contributed by atoms with E-state index in [9.17, 15) is 19.2 Å². The van der Waals surface area contributed by atoms with E-state index < -0.39 is 5.97 Å². The summed E-state index contributed by atoms with van der Waals surface area (Å²) in [4.78, 5) is 48.2. The summed E-state index contributed by atoms with van der Waals surface area (Å²) in [5, 5.41) is 0. The van der Waals surface area contributed by atoms with Crippen LogP contribution in [-0.2, 0) is 28.5 Å². The van der Waals surface area contributed by atoms with Crippen molar-refractivity contribution in [1.82, 2.24) is 0 Å². The number of nitrogen functional groups attached to an aromatic ring is 4. The van der Waals surface area contributed by atoms with Crippen LogP contribution in [0.2, 0.25) is 0 Å². The molecule has 2 saturated carbocycles. The van der Waals surface area contributed by atoms with E-state index in [1.165, 1.54) is 95.6 Å². The first-order valence-electron chi connectivity index (χ1n) is 30.2. The highest BCUT2D eigenvalue weighted by Gasteiger charge is 2.22. The van der Waals surface area contributed by atoms with Crippen LogP contribution in [-0.4, -0.2) is 63.5 Å². The van der Waals surface area contributed by atoms with Gasteiger partial charge < -0.3 is 51.4 Å². The van der Waals surface area contributed by atoms with E-state index in [0.29, 0.717) is 72.1 Å². The van der Waals surface area contributed by atoms with Crippen molar-refractivity contribution in [3.8, 4) is 11.5 Å². The maximum atomic E-state index is 12.1. The molecule has 0 spiro atoms. The quantitative estimate of drug-likeness (QED) is 0.0114. The maximum absolute atomic E-state index is 12.1. The topological polar surface area (TPSA) is 228 Å². The van der Waals surface area contributed by atoms with E-state index in [0.717, 1.165) is 112 Å². The van der Waals surface area contributed by atoms with E-state index in [-0.39, 0.29) is 17.9 Å². The number of hydrogen-bond acceptors (Lipinski definition) is 14. The predicted octanol–water partition coefficient (Wildman–Crippen LogP) is 14.8. The van der Waals surface area contributed by atoms with Gasteiger partial charge in [0, 0.05) is 34.9 Å². The van der Waals surface area contributed by atoms with Gasteiger partial charge in [-0.15, -0.1) is 0 Å². The number of hydrogen-bond donors (Lipinski definition) is 4. The number of unbranched alkanes of at least 4 members (excludes halogenated alkanes) is 11. The monoisotopic (exact) mass is 1110 g/mol. The zero-order chi connectivity index (χ0) is 57.9. The first-order chi connectivity index (χ1) is 39.3. The molecular weight excluding hydrogens is 1020 g/mol. The van der Waals surface area contributed by atoms with Gasteiger partial charge >= 0.3 is 23.9 Å². The van der Waals surface area contributed by atoms with Crippen molar-refractivity contribution in [2.75, 3.05) is 62.6 Å². The van der Waals surface area contributed by atoms with Crippen molar-refractivity contribution >= 4 is 58.8 Å². The Bertz CT molecular complexity index is 2470. The fraction of sp³-hybridized carbons (Fsp3) is 0.522. The summed E-state index contributed by atoms with van der Waals surface area (Å²) in [6.45, 7) is 7.69. The normalized spacial score (nSPS) is 17.0. The van der Waals surface area contributed by atoms with Gasteiger partial charge in [-0.2, -0.15) is 0 Å². The summed E-state index contributed by atoms with van der Waals surface area (Å²) in [5.74, 6) is 3.41. The van der Waals surface area contributed by atoms with E-state index in [1.54, 1.807) is 48.6 Å². The Morgan fingerprint density at radius 2 is 0.679 bits per heavy atom. The van der Waals surface area contributed by atoms with Gasteiger partial charge in [-0.1, -0.05) is 122 Å². The number of esters is 4. The van der Waals surface area contributed by atoms with Gasteiger partial charge in [-0.3, -0.25) is 0 Å². The molecule has 2 aliphatic rings. The van der Waals surface area contributed by atoms with Crippen molar-refractivity contribution in [1.29, 1.82) is 0 Å². The van der Waals surface area contributed by atoms with Crippen molar-refractivity contribution in [2.24, 2.45) is 23.7 Å². The fourth-order valence-electron chi connectivity index (χ4n) is 10.2. The Hall–Kier alpha value is -6.96. The average Bonchev–Trinajstić information content (AvgIpc) is 3.47. The van der Waals surface area contributed by atoms with Crippen LogP contribution in [0, 0.1) is 23.7 Å². The number of carbonyl (C=O) groups excluding carboxylic acids is 4. The average molecular weight is 1120 g/mol. The number of carbonyl (C=O) groups is 4. The number of benzene rings is 4. The zero-order valence-corrected chi connectivity index (χ0v) is 48.6. The molecule has 14 nitrogen and oxygen atoms in total. The summed E-state index contributed by atoms with van der Waals surface area (Å²) in [6, 6.07) is 25.1. The second-order valence-corrected chi connectivity index (χ2v) is 22.0. The van der Waals surface area contributed by atoms with Crippen molar-refractivity contribution in [2.45, 2.75) is 162 Å². The van der Waals surface area contributed by atoms with Gasteiger partial charge in [0.15, 0.2) is 0 Å². The summed E-state index contributed by atoms with van der Waals surface area (Å²) in [6.07, 6.45) is 32.3. The maximum Gasteiger partial charge on any atom is 0.338 e. The predicted molar refractivity (Wildman–Crippen MR) is 326 cm³/mol. The molecule has 4 aromatic rings. The molecule has 2 aliphatic carbocycles.